The van der Waals surface area contributed by atoms with Crippen molar-refractivity contribution in [1.29, 1.82) is 0 Å². The van der Waals surface area contributed by atoms with Crippen molar-refractivity contribution in [2.75, 3.05) is 23.3 Å². The Kier molecular flexibility index (Phi) is 5.08. The van der Waals surface area contributed by atoms with E-state index in [9.17, 15) is 0 Å². The third-order valence-electron chi connectivity index (χ3n) is 6.84. The van der Waals surface area contributed by atoms with Crippen LogP contribution >= 0.6 is 0 Å². The predicted octanol–water partition coefficient (Wildman–Crippen LogP) is 3.11. The second-order valence-electron chi connectivity index (χ2n) is 9.37. The molecular weight excluding hydrogens is 430 g/mol. The van der Waals surface area contributed by atoms with Gasteiger partial charge in [-0.1, -0.05) is 0 Å². The zero-order chi connectivity index (χ0) is 23.2. The van der Waals surface area contributed by atoms with Crippen molar-refractivity contribution in [2.45, 2.75) is 51.2 Å². The van der Waals surface area contributed by atoms with E-state index in [-0.39, 0.29) is 6.10 Å². The summed E-state index contributed by atoms with van der Waals surface area (Å²) in [5, 5.41) is 8.28. The predicted molar refractivity (Wildman–Crippen MR) is 129 cm³/mol. The number of imidazole rings is 1. The van der Waals surface area contributed by atoms with Crippen LogP contribution in [0.4, 0.5) is 11.8 Å². The summed E-state index contributed by atoms with van der Waals surface area (Å²) in [7, 11) is 1.95. The van der Waals surface area contributed by atoms with Crippen molar-refractivity contribution in [2.24, 2.45) is 7.05 Å². The Hall–Kier alpha value is -3.69. The van der Waals surface area contributed by atoms with Crippen LogP contribution < -0.4 is 15.0 Å². The van der Waals surface area contributed by atoms with E-state index in [0.29, 0.717) is 12.0 Å². The first-order valence-electron chi connectivity index (χ1n) is 11.8. The summed E-state index contributed by atoms with van der Waals surface area (Å²) in [5.74, 6) is 3.90. The fourth-order valence-electron chi connectivity index (χ4n) is 4.94. The van der Waals surface area contributed by atoms with Gasteiger partial charge in [-0.15, -0.1) is 0 Å². The highest BCUT2D eigenvalue weighted by atomic mass is 16.5. The summed E-state index contributed by atoms with van der Waals surface area (Å²) < 4.78 is 8.04. The van der Waals surface area contributed by atoms with Gasteiger partial charge in [0.25, 0.3) is 0 Å². The van der Waals surface area contributed by atoms with Crippen molar-refractivity contribution in [3.05, 3.63) is 47.9 Å². The molecule has 1 aliphatic heterocycles. The molecule has 10 heteroatoms. The fraction of sp³-hybridized carbons (Fsp3) is 0.458. The van der Waals surface area contributed by atoms with Gasteiger partial charge in [0.1, 0.15) is 28.7 Å². The molecule has 4 aromatic rings. The lowest BCUT2D eigenvalue weighted by Gasteiger charge is -2.35. The fourth-order valence-corrected chi connectivity index (χ4v) is 4.94. The SMILES string of the molecule is Cc1ccc(OC2CCN(c3nc(NC4CC(c5ncc[nH]5)C4)c4c(n3)c(C)nn4C)C2)cn1. The Labute approximate surface area is 197 Å². The molecule has 1 unspecified atom stereocenters. The van der Waals surface area contributed by atoms with Crippen LogP contribution in [-0.2, 0) is 7.05 Å². The average molecular weight is 460 g/mol. The van der Waals surface area contributed by atoms with Crippen LogP contribution in [0.1, 0.15) is 42.4 Å². The van der Waals surface area contributed by atoms with E-state index in [1.807, 2.05) is 50.1 Å². The van der Waals surface area contributed by atoms with Crippen LogP contribution in [0.5, 0.6) is 5.75 Å². The number of ether oxygens (including phenoxy) is 1. The third kappa shape index (κ3) is 3.82. The summed E-state index contributed by atoms with van der Waals surface area (Å²) in [6.07, 6.45) is 8.53. The smallest absolute Gasteiger partial charge is 0.228 e. The number of anilines is 2. The summed E-state index contributed by atoms with van der Waals surface area (Å²) in [6, 6.07) is 4.29. The van der Waals surface area contributed by atoms with Gasteiger partial charge < -0.3 is 19.9 Å². The normalized spacial score (nSPS) is 22.2. The van der Waals surface area contributed by atoms with Gasteiger partial charge in [-0.25, -0.2) is 9.97 Å². The van der Waals surface area contributed by atoms with Crippen molar-refractivity contribution in [3.63, 3.8) is 0 Å². The van der Waals surface area contributed by atoms with Crippen LogP contribution in [0.25, 0.3) is 11.0 Å². The number of aryl methyl sites for hydroxylation is 3. The first-order valence-corrected chi connectivity index (χ1v) is 11.8. The molecule has 176 valence electrons. The van der Waals surface area contributed by atoms with E-state index in [2.05, 4.69) is 30.3 Å². The highest BCUT2D eigenvalue weighted by Crippen LogP contribution is 2.38. The molecule has 1 aliphatic carbocycles. The van der Waals surface area contributed by atoms with E-state index in [1.54, 1.807) is 6.20 Å². The van der Waals surface area contributed by atoms with Gasteiger partial charge >= 0.3 is 0 Å². The second kappa shape index (κ2) is 8.27. The number of rotatable bonds is 6. The largest absolute Gasteiger partial charge is 0.487 e. The van der Waals surface area contributed by atoms with E-state index in [0.717, 1.165) is 78.1 Å². The minimum Gasteiger partial charge on any atom is -0.487 e. The zero-order valence-electron chi connectivity index (χ0n) is 19.7. The molecule has 0 aromatic carbocycles. The Morgan fingerprint density at radius 2 is 2.03 bits per heavy atom. The molecule has 2 fully saturated rings. The third-order valence-corrected chi connectivity index (χ3v) is 6.84. The number of fused-ring (bicyclic) bond motifs is 1. The monoisotopic (exact) mass is 459 g/mol. The molecule has 4 aromatic heterocycles. The van der Waals surface area contributed by atoms with Crippen molar-refractivity contribution in [3.8, 4) is 5.75 Å². The highest BCUT2D eigenvalue weighted by Gasteiger charge is 2.34. The molecule has 10 nitrogen and oxygen atoms in total. The highest BCUT2D eigenvalue weighted by molar-refractivity contribution is 5.89. The molecule has 1 saturated carbocycles. The zero-order valence-corrected chi connectivity index (χ0v) is 19.7. The lowest BCUT2D eigenvalue weighted by atomic mass is 9.80. The summed E-state index contributed by atoms with van der Waals surface area (Å²) in [6.45, 7) is 5.56. The number of hydrogen-bond acceptors (Lipinski definition) is 8. The Balaban J connectivity index is 1.21. The van der Waals surface area contributed by atoms with Gasteiger partial charge in [0.05, 0.1) is 18.4 Å². The van der Waals surface area contributed by atoms with Crippen molar-refractivity contribution in [1.82, 2.24) is 34.7 Å². The lowest BCUT2D eigenvalue weighted by molar-refractivity contribution is 0.224. The molecule has 5 heterocycles. The van der Waals surface area contributed by atoms with Crippen LogP contribution in [0, 0.1) is 13.8 Å². The number of hydrogen-bond donors (Lipinski definition) is 2. The van der Waals surface area contributed by atoms with E-state index >= 15 is 0 Å². The molecule has 6 rings (SSSR count). The van der Waals surface area contributed by atoms with Crippen LogP contribution in [-0.4, -0.2) is 59.9 Å². The van der Waals surface area contributed by atoms with Crippen LogP contribution in [0.2, 0.25) is 0 Å². The van der Waals surface area contributed by atoms with Gasteiger partial charge in [0.2, 0.25) is 5.95 Å². The average Bonchev–Trinajstić information content (AvgIpc) is 3.54. The topological polar surface area (TPSA) is 110 Å². The molecule has 0 amide bonds. The van der Waals surface area contributed by atoms with Gasteiger partial charge in [-0.2, -0.15) is 10.1 Å². The minimum absolute atomic E-state index is 0.0795. The molecule has 0 bridgehead atoms. The molecule has 2 N–H and O–H groups in total. The van der Waals surface area contributed by atoms with Crippen molar-refractivity contribution < 1.29 is 4.74 Å². The number of H-pyrrole nitrogens is 1. The van der Waals surface area contributed by atoms with Crippen molar-refractivity contribution >= 4 is 22.8 Å². The molecule has 1 atom stereocenters. The van der Waals surface area contributed by atoms with Gasteiger partial charge in [0.15, 0.2) is 5.82 Å². The quantitative estimate of drug-likeness (QED) is 0.453. The Morgan fingerprint density at radius 1 is 1.15 bits per heavy atom. The van der Waals surface area contributed by atoms with Crippen LogP contribution in [0.3, 0.4) is 0 Å². The van der Waals surface area contributed by atoms with E-state index in [1.165, 1.54) is 0 Å². The maximum Gasteiger partial charge on any atom is 0.228 e. The summed E-state index contributed by atoms with van der Waals surface area (Å²) in [4.78, 5) is 24.1. The second-order valence-corrected chi connectivity index (χ2v) is 9.37. The first-order chi connectivity index (χ1) is 16.5. The lowest BCUT2D eigenvalue weighted by Crippen LogP contribution is -2.35. The Morgan fingerprint density at radius 3 is 2.79 bits per heavy atom. The minimum atomic E-state index is 0.0795. The van der Waals surface area contributed by atoms with E-state index in [4.69, 9.17) is 14.7 Å². The number of nitrogens with one attached hydrogen (secondary N) is 2. The van der Waals surface area contributed by atoms with E-state index < -0.39 is 0 Å². The molecule has 0 spiro atoms. The Bertz CT molecular complexity index is 1290. The molecule has 0 radical (unpaired) electrons. The summed E-state index contributed by atoms with van der Waals surface area (Å²) in [5.41, 5.74) is 3.73. The van der Waals surface area contributed by atoms with Crippen LogP contribution in [0.15, 0.2) is 30.7 Å². The summed E-state index contributed by atoms with van der Waals surface area (Å²) >= 11 is 0. The number of pyridine rings is 1. The van der Waals surface area contributed by atoms with Gasteiger partial charge in [-0.3, -0.25) is 9.67 Å². The number of aromatic amines is 1. The number of aromatic nitrogens is 7. The van der Waals surface area contributed by atoms with Gasteiger partial charge in [0, 0.05) is 50.1 Å². The maximum absolute atomic E-state index is 6.17. The molecular formula is C24H29N9O. The standard InChI is InChI=1S/C24H29N9O/c1-14-4-5-18(12-27-14)34-19-6-9-33(13-19)24-29-20-15(2)31-32(3)21(20)23(30-24)28-17-10-16(11-17)22-25-7-8-26-22/h4-5,7-8,12,16-17,19H,6,9-11,13H2,1-3H3,(H,25,26)(H,28,29,30). The van der Waals surface area contributed by atoms with Gasteiger partial charge in [-0.05, 0) is 38.8 Å². The molecule has 2 aliphatic rings. The molecule has 34 heavy (non-hydrogen) atoms. The number of nitrogens with zero attached hydrogens (tertiary/aromatic N) is 7. The molecule has 1 saturated heterocycles. The maximum atomic E-state index is 6.17. The first kappa shape index (κ1) is 20.9.